The largest absolute Gasteiger partial charge is 0.507 e. The van der Waals surface area contributed by atoms with Crippen LogP contribution < -0.4 is 0 Å². The lowest BCUT2D eigenvalue weighted by Gasteiger charge is -2.26. The number of halogens is 1. The second-order valence-electron chi connectivity index (χ2n) is 9.16. The molecular formula is C29H26FNO3. The van der Waals surface area contributed by atoms with E-state index in [0.29, 0.717) is 11.1 Å². The molecule has 4 nitrogen and oxygen atoms in total. The topological polar surface area (TPSA) is 57.6 Å². The van der Waals surface area contributed by atoms with E-state index >= 15 is 0 Å². The highest BCUT2D eigenvalue weighted by Gasteiger charge is 2.46. The number of aryl methyl sites for hydroxylation is 3. The van der Waals surface area contributed by atoms with Gasteiger partial charge in [0.2, 0.25) is 0 Å². The maximum atomic E-state index is 13.4. The van der Waals surface area contributed by atoms with Crippen LogP contribution in [0.25, 0.3) is 5.76 Å². The van der Waals surface area contributed by atoms with E-state index in [1.807, 2.05) is 49.4 Å². The number of Topliss-reactive ketones (excluding diaryl/α,β-unsaturated/α-hetero) is 1. The molecule has 1 aliphatic carbocycles. The van der Waals surface area contributed by atoms with Crippen molar-refractivity contribution in [1.29, 1.82) is 0 Å². The molecule has 3 aromatic rings. The van der Waals surface area contributed by atoms with Crippen molar-refractivity contribution in [2.24, 2.45) is 0 Å². The molecule has 0 aromatic heterocycles. The van der Waals surface area contributed by atoms with Crippen molar-refractivity contribution in [2.75, 3.05) is 0 Å². The second-order valence-corrected chi connectivity index (χ2v) is 9.16. The molecule has 172 valence electrons. The molecule has 5 heteroatoms. The zero-order chi connectivity index (χ0) is 23.8. The van der Waals surface area contributed by atoms with E-state index in [9.17, 15) is 19.1 Å². The Labute approximate surface area is 198 Å². The van der Waals surface area contributed by atoms with E-state index < -0.39 is 17.7 Å². The van der Waals surface area contributed by atoms with Gasteiger partial charge in [0.25, 0.3) is 11.7 Å². The number of hydrogen-bond donors (Lipinski definition) is 1. The first-order valence-electron chi connectivity index (χ1n) is 11.6. The SMILES string of the molecule is Cc1cccc(C2/C(=C(/O)c3ccc4c(c3)CCCC4)C(=O)C(=O)N2Cc2ccc(F)cc2)c1. The van der Waals surface area contributed by atoms with Crippen molar-refractivity contribution in [1.82, 2.24) is 4.90 Å². The standard InChI is InChI=1S/C29H26FNO3/c1-18-5-4-8-22(15-18)26-25(27(32)23-12-11-20-6-2-3-7-21(20)16-23)28(33)29(34)31(26)17-19-9-13-24(30)14-10-19/h4-5,8-16,26,32H,2-3,6-7,17H2,1H3/b27-25-. The molecule has 0 radical (unpaired) electrons. The number of aliphatic hydroxyl groups is 1. The average molecular weight is 456 g/mol. The highest BCUT2D eigenvalue weighted by Crippen LogP contribution is 2.41. The van der Waals surface area contributed by atoms with E-state index in [0.717, 1.165) is 36.8 Å². The summed E-state index contributed by atoms with van der Waals surface area (Å²) in [5, 5.41) is 11.4. The number of aliphatic hydroxyl groups excluding tert-OH is 1. The Morgan fingerprint density at radius 2 is 1.71 bits per heavy atom. The summed E-state index contributed by atoms with van der Waals surface area (Å²) in [5.74, 6) is -1.90. The van der Waals surface area contributed by atoms with E-state index in [1.165, 1.54) is 28.2 Å². The summed E-state index contributed by atoms with van der Waals surface area (Å²) < 4.78 is 13.4. The van der Waals surface area contributed by atoms with Crippen LogP contribution in [0.2, 0.25) is 0 Å². The van der Waals surface area contributed by atoms with E-state index in [-0.39, 0.29) is 23.7 Å². The number of carbonyl (C=O) groups excluding carboxylic acids is 2. The quantitative estimate of drug-likeness (QED) is 0.315. The van der Waals surface area contributed by atoms with Crippen LogP contribution in [-0.2, 0) is 29.0 Å². The number of benzene rings is 3. The van der Waals surface area contributed by atoms with Crippen LogP contribution in [0.5, 0.6) is 0 Å². The molecule has 5 rings (SSSR count). The Kier molecular flexibility index (Phi) is 5.78. The van der Waals surface area contributed by atoms with Crippen molar-refractivity contribution in [3.8, 4) is 0 Å². The van der Waals surface area contributed by atoms with Gasteiger partial charge in [0.05, 0.1) is 11.6 Å². The summed E-state index contributed by atoms with van der Waals surface area (Å²) in [6.07, 6.45) is 4.21. The Hall–Kier alpha value is -3.73. The van der Waals surface area contributed by atoms with E-state index in [2.05, 4.69) is 0 Å². The molecule has 0 spiro atoms. The van der Waals surface area contributed by atoms with Crippen LogP contribution in [-0.4, -0.2) is 21.7 Å². The first kappa shape index (κ1) is 22.1. The molecular weight excluding hydrogens is 429 g/mol. The lowest BCUT2D eigenvalue weighted by molar-refractivity contribution is -0.140. The maximum Gasteiger partial charge on any atom is 0.295 e. The molecule has 1 atom stereocenters. The fraction of sp³-hybridized carbons (Fsp3) is 0.241. The third kappa shape index (κ3) is 4.03. The normalized spacial score (nSPS) is 19.4. The fourth-order valence-electron chi connectivity index (χ4n) is 5.05. The van der Waals surface area contributed by atoms with Crippen molar-refractivity contribution in [3.63, 3.8) is 0 Å². The van der Waals surface area contributed by atoms with Gasteiger partial charge in [-0.2, -0.15) is 0 Å². The van der Waals surface area contributed by atoms with Gasteiger partial charge in [-0.3, -0.25) is 9.59 Å². The minimum absolute atomic E-state index is 0.0912. The first-order chi connectivity index (χ1) is 16.4. The zero-order valence-corrected chi connectivity index (χ0v) is 19.1. The fourth-order valence-corrected chi connectivity index (χ4v) is 5.05. The van der Waals surface area contributed by atoms with Crippen LogP contribution in [0.1, 0.15) is 52.3 Å². The molecule has 34 heavy (non-hydrogen) atoms. The van der Waals surface area contributed by atoms with Crippen LogP contribution in [0.4, 0.5) is 4.39 Å². The predicted molar refractivity (Wildman–Crippen MR) is 129 cm³/mol. The Bertz CT molecular complexity index is 1310. The van der Waals surface area contributed by atoms with Gasteiger partial charge in [0.15, 0.2) is 0 Å². The summed E-state index contributed by atoms with van der Waals surface area (Å²) in [4.78, 5) is 27.9. The number of hydrogen-bond acceptors (Lipinski definition) is 3. The molecule has 0 bridgehead atoms. The number of carbonyl (C=O) groups is 2. The smallest absolute Gasteiger partial charge is 0.295 e. The summed E-state index contributed by atoms with van der Waals surface area (Å²) in [6, 6.07) is 18.5. The summed E-state index contributed by atoms with van der Waals surface area (Å²) >= 11 is 0. The van der Waals surface area contributed by atoms with Crippen molar-refractivity contribution in [3.05, 3.63) is 112 Å². The van der Waals surface area contributed by atoms with Crippen LogP contribution in [0.3, 0.4) is 0 Å². The van der Waals surface area contributed by atoms with Gasteiger partial charge < -0.3 is 10.0 Å². The number of likely N-dealkylation sites (tertiary alicyclic amines) is 1. The third-order valence-electron chi connectivity index (χ3n) is 6.79. The van der Waals surface area contributed by atoms with Gasteiger partial charge in [-0.1, -0.05) is 54.1 Å². The molecule has 1 aliphatic heterocycles. The minimum atomic E-state index is -0.735. The lowest BCUT2D eigenvalue weighted by Crippen LogP contribution is -2.29. The Morgan fingerprint density at radius 1 is 0.971 bits per heavy atom. The van der Waals surface area contributed by atoms with Crippen molar-refractivity contribution >= 4 is 17.4 Å². The minimum Gasteiger partial charge on any atom is -0.507 e. The van der Waals surface area contributed by atoms with E-state index in [1.54, 1.807) is 12.1 Å². The first-order valence-corrected chi connectivity index (χ1v) is 11.6. The van der Waals surface area contributed by atoms with Gasteiger partial charge in [-0.25, -0.2) is 4.39 Å². The molecule has 1 fully saturated rings. The van der Waals surface area contributed by atoms with Gasteiger partial charge in [0, 0.05) is 12.1 Å². The highest BCUT2D eigenvalue weighted by molar-refractivity contribution is 6.46. The maximum absolute atomic E-state index is 13.4. The highest BCUT2D eigenvalue weighted by atomic mass is 19.1. The molecule has 1 heterocycles. The van der Waals surface area contributed by atoms with Crippen LogP contribution >= 0.6 is 0 Å². The number of ketones is 1. The average Bonchev–Trinajstić information content (AvgIpc) is 3.09. The van der Waals surface area contributed by atoms with Gasteiger partial charge in [-0.15, -0.1) is 0 Å². The number of nitrogens with zero attached hydrogens (tertiary/aromatic N) is 1. The molecule has 1 N–H and O–H groups in total. The van der Waals surface area contributed by atoms with Crippen molar-refractivity contribution in [2.45, 2.75) is 45.2 Å². The molecule has 0 saturated carbocycles. The molecule has 1 unspecified atom stereocenters. The van der Waals surface area contributed by atoms with Gasteiger partial charge in [-0.05, 0) is 73.1 Å². The second kappa shape index (κ2) is 8.90. The van der Waals surface area contributed by atoms with Crippen LogP contribution in [0, 0.1) is 12.7 Å². The Morgan fingerprint density at radius 3 is 2.44 bits per heavy atom. The predicted octanol–water partition coefficient (Wildman–Crippen LogP) is 5.63. The summed E-state index contributed by atoms with van der Waals surface area (Å²) in [6.45, 7) is 2.07. The number of fused-ring (bicyclic) bond motifs is 1. The van der Waals surface area contributed by atoms with E-state index in [4.69, 9.17) is 0 Å². The number of amides is 1. The van der Waals surface area contributed by atoms with Crippen molar-refractivity contribution < 1.29 is 19.1 Å². The lowest BCUT2D eigenvalue weighted by atomic mass is 9.88. The third-order valence-corrected chi connectivity index (χ3v) is 6.79. The molecule has 1 saturated heterocycles. The molecule has 3 aromatic carbocycles. The van der Waals surface area contributed by atoms with Gasteiger partial charge >= 0.3 is 0 Å². The Balaban J connectivity index is 1.63. The molecule has 1 amide bonds. The molecule has 2 aliphatic rings. The van der Waals surface area contributed by atoms with Gasteiger partial charge in [0.1, 0.15) is 11.6 Å². The van der Waals surface area contributed by atoms with Crippen LogP contribution in [0.15, 0.2) is 72.3 Å². The zero-order valence-electron chi connectivity index (χ0n) is 19.1. The monoisotopic (exact) mass is 455 g/mol. The summed E-state index contributed by atoms with van der Waals surface area (Å²) in [5.41, 5.74) is 5.54. The number of rotatable bonds is 4. The summed E-state index contributed by atoms with van der Waals surface area (Å²) in [7, 11) is 0.